The van der Waals surface area contributed by atoms with Gasteiger partial charge in [-0.2, -0.15) is 0 Å². The number of ether oxygens (including phenoxy) is 2. The van der Waals surface area contributed by atoms with Gasteiger partial charge in [0.2, 0.25) is 5.78 Å². The summed E-state index contributed by atoms with van der Waals surface area (Å²) < 4.78 is 10.5. The number of nitrogens with zero attached hydrogens (tertiary/aromatic N) is 1. The largest absolute Gasteiger partial charge is 0.497 e. The van der Waals surface area contributed by atoms with Crippen molar-refractivity contribution in [2.24, 2.45) is 0 Å². The highest BCUT2D eigenvalue weighted by atomic mass is 16.6. The van der Waals surface area contributed by atoms with Gasteiger partial charge in [-0.25, -0.2) is 0 Å². The fourth-order valence-corrected chi connectivity index (χ4v) is 1.94. The monoisotopic (exact) mass is 301 g/mol. The Morgan fingerprint density at radius 2 is 1.77 bits per heavy atom. The van der Waals surface area contributed by atoms with Crippen molar-refractivity contribution in [1.29, 1.82) is 0 Å². The molecule has 0 amide bonds. The third-order valence-electron chi connectivity index (χ3n) is 3.11. The summed E-state index contributed by atoms with van der Waals surface area (Å²) in [6.45, 7) is 1.56. The first-order valence-corrected chi connectivity index (χ1v) is 6.61. The zero-order chi connectivity index (χ0) is 16.1. The number of nitro benzene ring substituents is 1. The van der Waals surface area contributed by atoms with Crippen molar-refractivity contribution < 1.29 is 19.2 Å². The lowest BCUT2D eigenvalue weighted by molar-refractivity contribution is -0.386. The molecule has 0 saturated carbocycles. The van der Waals surface area contributed by atoms with Crippen LogP contribution in [0.3, 0.4) is 0 Å². The maximum Gasteiger partial charge on any atom is 0.310 e. The van der Waals surface area contributed by atoms with Gasteiger partial charge in [-0.15, -0.1) is 0 Å². The molecule has 2 rings (SSSR count). The van der Waals surface area contributed by atoms with Gasteiger partial charge in [0, 0.05) is 11.6 Å². The molecule has 0 fully saturated rings. The Morgan fingerprint density at radius 1 is 1.14 bits per heavy atom. The molecular formula is C16H15NO5. The molecule has 0 unspecified atom stereocenters. The van der Waals surface area contributed by atoms with Crippen LogP contribution in [0.15, 0.2) is 48.5 Å². The third-order valence-corrected chi connectivity index (χ3v) is 3.11. The molecule has 1 atom stereocenters. The molecule has 0 aliphatic carbocycles. The highest BCUT2D eigenvalue weighted by molar-refractivity contribution is 5.99. The summed E-state index contributed by atoms with van der Waals surface area (Å²) >= 11 is 0. The minimum absolute atomic E-state index is 0.0712. The van der Waals surface area contributed by atoms with E-state index in [-0.39, 0.29) is 17.2 Å². The molecule has 0 radical (unpaired) electrons. The van der Waals surface area contributed by atoms with Gasteiger partial charge in [-0.3, -0.25) is 14.9 Å². The number of Topliss-reactive ketones (excluding diaryl/α,β-unsaturated/α-hetero) is 1. The molecule has 0 heterocycles. The van der Waals surface area contributed by atoms with Gasteiger partial charge in [-0.1, -0.05) is 12.1 Å². The molecule has 0 spiro atoms. The van der Waals surface area contributed by atoms with Crippen molar-refractivity contribution in [1.82, 2.24) is 0 Å². The number of benzene rings is 2. The van der Waals surface area contributed by atoms with E-state index in [1.54, 1.807) is 43.3 Å². The summed E-state index contributed by atoms with van der Waals surface area (Å²) in [6.07, 6.45) is -0.838. The summed E-state index contributed by atoms with van der Waals surface area (Å²) in [5.74, 6) is 0.450. The molecule has 6 heteroatoms. The first kappa shape index (κ1) is 15.5. The predicted molar refractivity (Wildman–Crippen MR) is 80.5 cm³/mol. The Balaban J connectivity index is 2.16. The van der Waals surface area contributed by atoms with E-state index in [9.17, 15) is 14.9 Å². The molecule has 6 nitrogen and oxygen atoms in total. The second-order valence-corrected chi connectivity index (χ2v) is 4.58. The van der Waals surface area contributed by atoms with Crippen molar-refractivity contribution in [3.63, 3.8) is 0 Å². The maximum atomic E-state index is 12.3. The first-order valence-electron chi connectivity index (χ1n) is 6.61. The van der Waals surface area contributed by atoms with Crippen LogP contribution in [0, 0.1) is 10.1 Å². The van der Waals surface area contributed by atoms with E-state index in [4.69, 9.17) is 9.47 Å². The molecule has 2 aromatic rings. The van der Waals surface area contributed by atoms with Crippen LogP contribution in [-0.2, 0) is 0 Å². The molecule has 0 aromatic heterocycles. The minimum Gasteiger partial charge on any atom is -0.497 e. The van der Waals surface area contributed by atoms with Crippen LogP contribution >= 0.6 is 0 Å². The fourth-order valence-electron chi connectivity index (χ4n) is 1.94. The van der Waals surface area contributed by atoms with E-state index in [0.29, 0.717) is 11.3 Å². The molecule has 0 aliphatic rings. The van der Waals surface area contributed by atoms with Crippen LogP contribution in [0.4, 0.5) is 5.69 Å². The SMILES string of the molecule is COc1ccc(C(=O)[C@H](C)Oc2ccccc2[N+](=O)[O-])cc1. The van der Waals surface area contributed by atoms with Gasteiger partial charge in [0.05, 0.1) is 12.0 Å². The second kappa shape index (κ2) is 6.71. The van der Waals surface area contributed by atoms with Crippen molar-refractivity contribution in [3.8, 4) is 11.5 Å². The molecular weight excluding hydrogens is 286 g/mol. The van der Waals surface area contributed by atoms with Crippen LogP contribution in [-0.4, -0.2) is 23.9 Å². The number of hydrogen-bond acceptors (Lipinski definition) is 5. The smallest absolute Gasteiger partial charge is 0.310 e. The standard InChI is InChI=1S/C16H15NO5/c1-11(16(18)12-7-9-13(21-2)10-8-12)22-15-6-4-3-5-14(15)17(19)20/h3-11H,1-2H3/t11-/m0/s1. The van der Waals surface area contributed by atoms with Crippen LogP contribution in [0.2, 0.25) is 0 Å². The molecule has 2 aromatic carbocycles. The molecule has 0 aliphatic heterocycles. The number of carbonyl (C=O) groups is 1. The van der Waals surface area contributed by atoms with Crippen molar-refractivity contribution >= 4 is 11.5 Å². The summed E-state index contributed by atoms with van der Waals surface area (Å²) in [5, 5.41) is 10.9. The molecule has 0 bridgehead atoms. The van der Waals surface area contributed by atoms with Gasteiger partial charge in [0.25, 0.3) is 0 Å². The van der Waals surface area contributed by atoms with Crippen molar-refractivity contribution in [3.05, 3.63) is 64.2 Å². The normalized spacial score (nSPS) is 11.5. The second-order valence-electron chi connectivity index (χ2n) is 4.58. The lowest BCUT2D eigenvalue weighted by Gasteiger charge is -2.14. The number of nitro groups is 1. The van der Waals surface area contributed by atoms with Crippen LogP contribution < -0.4 is 9.47 Å². The Hall–Kier alpha value is -2.89. The number of ketones is 1. The van der Waals surface area contributed by atoms with Crippen LogP contribution in [0.5, 0.6) is 11.5 Å². The summed E-state index contributed by atoms with van der Waals surface area (Å²) in [5.41, 5.74) is 0.281. The van der Waals surface area contributed by atoms with E-state index in [1.807, 2.05) is 0 Å². The van der Waals surface area contributed by atoms with Gasteiger partial charge >= 0.3 is 5.69 Å². The highest BCUT2D eigenvalue weighted by Crippen LogP contribution is 2.27. The molecule has 0 saturated heterocycles. The minimum atomic E-state index is -0.838. The van der Waals surface area contributed by atoms with Gasteiger partial charge in [0.1, 0.15) is 5.75 Å². The van der Waals surface area contributed by atoms with Crippen molar-refractivity contribution in [2.45, 2.75) is 13.0 Å². The van der Waals surface area contributed by atoms with Gasteiger partial charge in [0.15, 0.2) is 11.9 Å². The van der Waals surface area contributed by atoms with Gasteiger partial charge in [-0.05, 0) is 37.3 Å². The maximum absolute atomic E-state index is 12.3. The number of methoxy groups -OCH3 is 1. The Morgan fingerprint density at radius 3 is 2.36 bits per heavy atom. The summed E-state index contributed by atoms with van der Waals surface area (Å²) in [7, 11) is 1.54. The zero-order valence-electron chi connectivity index (χ0n) is 12.2. The zero-order valence-corrected chi connectivity index (χ0v) is 12.2. The quantitative estimate of drug-likeness (QED) is 0.465. The van der Waals surface area contributed by atoms with E-state index in [1.165, 1.54) is 19.2 Å². The number of para-hydroxylation sites is 2. The van der Waals surface area contributed by atoms with Crippen LogP contribution in [0.1, 0.15) is 17.3 Å². The average molecular weight is 301 g/mol. The number of rotatable bonds is 6. The topological polar surface area (TPSA) is 78.7 Å². The number of hydrogen-bond donors (Lipinski definition) is 0. The van der Waals surface area contributed by atoms with E-state index >= 15 is 0 Å². The van der Waals surface area contributed by atoms with E-state index in [0.717, 1.165) is 0 Å². The fraction of sp³-hybridized carbons (Fsp3) is 0.188. The van der Waals surface area contributed by atoms with Gasteiger partial charge < -0.3 is 9.47 Å². The summed E-state index contributed by atoms with van der Waals surface area (Å²) in [6, 6.07) is 12.6. The predicted octanol–water partition coefficient (Wildman–Crippen LogP) is 3.25. The lowest BCUT2D eigenvalue weighted by atomic mass is 10.1. The molecule has 0 N–H and O–H groups in total. The van der Waals surface area contributed by atoms with Crippen LogP contribution in [0.25, 0.3) is 0 Å². The summed E-state index contributed by atoms with van der Waals surface area (Å²) in [4.78, 5) is 22.7. The van der Waals surface area contributed by atoms with Crippen molar-refractivity contribution in [2.75, 3.05) is 7.11 Å². The molecule has 114 valence electrons. The average Bonchev–Trinajstić information content (AvgIpc) is 2.54. The third kappa shape index (κ3) is 3.41. The number of carbonyl (C=O) groups excluding carboxylic acids is 1. The Bertz CT molecular complexity index is 681. The first-order chi connectivity index (χ1) is 10.5. The molecule has 22 heavy (non-hydrogen) atoms. The Kier molecular flexibility index (Phi) is 4.73. The highest BCUT2D eigenvalue weighted by Gasteiger charge is 2.21. The van der Waals surface area contributed by atoms with E-state index in [2.05, 4.69) is 0 Å². The van der Waals surface area contributed by atoms with E-state index < -0.39 is 11.0 Å². The Labute approximate surface area is 127 Å². The lowest BCUT2D eigenvalue weighted by Crippen LogP contribution is -2.24.